The lowest BCUT2D eigenvalue weighted by molar-refractivity contribution is -0.143. The summed E-state index contributed by atoms with van der Waals surface area (Å²) in [5.74, 6) is -6.61. The Balaban J connectivity index is 1.32. The van der Waals surface area contributed by atoms with Crippen molar-refractivity contribution in [3.05, 3.63) is 65.2 Å². The van der Waals surface area contributed by atoms with E-state index in [0.29, 0.717) is 44.2 Å². The Morgan fingerprint density at radius 3 is 2.28 bits per heavy atom. The number of carbonyl (C=O) groups is 3. The fraction of sp³-hybridized carbons (Fsp3) is 0.433. The van der Waals surface area contributed by atoms with Gasteiger partial charge in [0.1, 0.15) is 11.6 Å². The quantitative estimate of drug-likeness (QED) is 0.267. The minimum atomic E-state index is -4.95. The summed E-state index contributed by atoms with van der Waals surface area (Å²) in [7, 11) is 1.26. The number of fused-ring (bicyclic) bond motifs is 2. The number of amides is 2. The Morgan fingerprint density at radius 2 is 1.63 bits per heavy atom. The molecule has 8 nitrogen and oxygen atoms in total. The van der Waals surface area contributed by atoms with E-state index in [4.69, 9.17) is 9.47 Å². The number of allylic oxidation sites excluding steroid dienone is 1. The number of nitrogens with one attached hydrogen (secondary N) is 2. The van der Waals surface area contributed by atoms with Gasteiger partial charge in [0, 0.05) is 17.8 Å². The number of carboxylic acids is 1. The molecule has 2 aromatic rings. The van der Waals surface area contributed by atoms with Crippen LogP contribution in [0.3, 0.4) is 0 Å². The number of hydrogen-bond acceptors (Lipinski definition) is 5. The van der Waals surface area contributed by atoms with E-state index in [2.05, 4.69) is 10.6 Å². The molecule has 2 bridgehead atoms. The molecule has 5 rings (SSSR count). The van der Waals surface area contributed by atoms with Crippen molar-refractivity contribution >= 4 is 23.5 Å². The summed E-state index contributed by atoms with van der Waals surface area (Å²) in [6.45, 7) is 0. The lowest BCUT2D eigenvalue weighted by Crippen LogP contribution is -2.47. The van der Waals surface area contributed by atoms with Gasteiger partial charge in [0.15, 0.2) is 11.6 Å². The third-order valence-electron chi connectivity index (χ3n) is 8.41. The van der Waals surface area contributed by atoms with Crippen LogP contribution >= 0.6 is 0 Å². The first kappa shape index (κ1) is 30.3. The molecule has 3 aliphatic rings. The number of methoxy groups -OCH3 is 1. The molecule has 2 fully saturated rings. The summed E-state index contributed by atoms with van der Waals surface area (Å²) in [4.78, 5) is 38.0. The number of rotatable bonds is 8. The Morgan fingerprint density at radius 1 is 0.930 bits per heavy atom. The van der Waals surface area contributed by atoms with E-state index in [-0.39, 0.29) is 34.6 Å². The highest BCUT2D eigenvalue weighted by atomic mass is 19.4. The highest BCUT2D eigenvalue weighted by molar-refractivity contribution is 5.99. The average molecular weight is 609 g/mol. The molecular weight excluding hydrogens is 579 g/mol. The fourth-order valence-corrected chi connectivity index (χ4v) is 6.23. The summed E-state index contributed by atoms with van der Waals surface area (Å²) in [5, 5.41) is 14.4. The van der Waals surface area contributed by atoms with Crippen LogP contribution in [0.15, 0.2) is 42.5 Å². The van der Waals surface area contributed by atoms with Crippen molar-refractivity contribution in [2.24, 2.45) is 23.7 Å². The molecular formula is C30H29F5N2O6. The second-order valence-electron chi connectivity index (χ2n) is 11.1. The van der Waals surface area contributed by atoms with Gasteiger partial charge in [0.25, 0.3) is 5.91 Å². The van der Waals surface area contributed by atoms with Crippen molar-refractivity contribution in [1.82, 2.24) is 5.32 Å². The van der Waals surface area contributed by atoms with Crippen LogP contribution in [0, 0.1) is 35.3 Å². The van der Waals surface area contributed by atoms with Gasteiger partial charge >= 0.3 is 12.1 Å². The molecule has 0 aromatic heterocycles. The highest BCUT2D eigenvalue weighted by Gasteiger charge is 2.49. The number of carbonyl (C=O) groups excluding carboxylic acids is 2. The van der Waals surface area contributed by atoms with E-state index in [1.54, 1.807) is 0 Å². The van der Waals surface area contributed by atoms with Crippen LogP contribution in [0.4, 0.5) is 27.6 Å². The third-order valence-corrected chi connectivity index (χ3v) is 8.41. The molecule has 0 unspecified atom stereocenters. The van der Waals surface area contributed by atoms with E-state index >= 15 is 0 Å². The smallest absolute Gasteiger partial charge is 0.419 e. The molecule has 3 aliphatic carbocycles. The first-order valence-corrected chi connectivity index (χ1v) is 13.8. The average Bonchev–Trinajstić information content (AvgIpc) is 3.56. The maximum absolute atomic E-state index is 14.9. The normalized spacial score (nSPS) is 26.2. The van der Waals surface area contributed by atoms with E-state index in [9.17, 15) is 41.4 Å². The van der Waals surface area contributed by atoms with Crippen LogP contribution < -0.4 is 20.1 Å². The second-order valence-corrected chi connectivity index (χ2v) is 11.1. The molecule has 0 aliphatic heterocycles. The molecule has 2 aromatic carbocycles. The van der Waals surface area contributed by atoms with Crippen LogP contribution in [0.2, 0.25) is 0 Å². The Bertz CT molecular complexity index is 1450. The van der Waals surface area contributed by atoms with Crippen molar-refractivity contribution in [3.63, 3.8) is 0 Å². The van der Waals surface area contributed by atoms with Crippen LogP contribution in [-0.4, -0.2) is 42.1 Å². The summed E-state index contributed by atoms with van der Waals surface area (Å²) in [5.41, 5.74) is -1.81. The van der Waals surface area contributed by atoms with Crippen molar-refractivity contribution in [2.45, 2.75) is 50.4 Å². The molecule has 0 spiro atoms. The second kappa shape index (κ2) is 11.8. The number of alkyl halides is 3. The molecule has 0 heterocycles. The van der Waals surface area contributed by atoms with E-state index in [1.807, 2.05) is 12.2 Å². The zero-order chi connectivity index (χ0) is 31.1. The number of aliphatic carboxylic acids is 1. The summed E-state index contributed by atoms with van der Waals surface area (Å²) < 4.78 is 79.2. The molecule has 4 atom stereocenters. The summed E-state index contributed by atoms with van der Waals surface area (Å²) >= 11 is 0. The monoisotopic (exact) mass is 608 g/mol. The molecule has 43 heavy (non-hydrogen) atoms. The van der Waals surface area contributed by atoms with Gasteiger partial charge in [-0.3, -0.25) is 14.4 Å². The maximum Gasteiger partial charge on any atom is 0.419 e. The van der Waals surface area contributed by atoms with Gasteiger partial charge in [0.05, 0.1) is 36.2 Å². The molecule has 13 heteroatoms. The van der Waals surface area contributed by atoms with Gasteiger partial charge < -0.3 is 25.2 Å². The minimum absolute atomic E-state index is 0.0580. The Labute approximate surface area is 243 Å². The zero-order valence-electron chi connectivity index (χ0n) is 22.9. The van der Waals surface area contributed by atoms with Crippen molar-refractivity contribution in [3.8, 4) is 11.5 Å². The van der Waals surface area contributed by atoms with E-state index in [0.717, 1.165) is 12.1 Å². The highest BCUT2D eigenvalue weighted by Crippen LogP contribution is 2.45. The number of benzene rings is 2. The van der Waals surface area contributed by atoms with Gasteiger partial charge in [-0.25, -0.2) is 8.78 Å². The molecule has 0 saturated heterocycles. The molecule has 0 radical (unpaired) electrons. The predicted molar refractivity (Wildman–Crippen MR) is 142 cm³/mol. The minimum Gasteiger partial charge on any atom is -0.496 e. The lowest BCUT2D eigenvalue weighted by atomic mass is 9.87. The number of hydrogen-bond donors (Lipinski definition) is 3. The van der Waals surface area contributed by atoms with Gasteiger partial charge in [-0.15, -0.1) is 0 Å². The van der Waals surface area contributed by atoms with Gasteiger partial charge in [-0.2, -0.15) is 13.2 Å². The molecule has 2 saturated carbocycles. The maximum atomic E-state index is 14.9. The van der Waals surface area contributed by atoms with Crippen LogP contribution in [-0.2, 0) is 15.8 Å². The van der Waals surface area contributed by atoms with Gasteiger partial charge in [-0.1, -0.05) is 12.2 Å². The fourth-order valence-electron chi connectivity index (χ4n) is 6.23. The molecule has 230 valence electrons. The molecule has 2 amide bonds. The first-order chi connectivity index (χ1) is 20.3. The number of anilines is 1. The Hall–Kier alpha value is -4.16. The van der Waals surface area contributed by atoms with Gasteiger partial charge in [0.2, 0.25) is 5.91 Å². The van der Waals surface area contributed by atoms with E-state index < -0.39 is 65.1 Å². The standard InChI is InChI=1S/C30H29F5N2O6/c1-42-23-13-22(32)24(43-18-7-4-14(5-8-18)29(40)41)12-19(23)27(38)37-26-16-3-2-15(10-16)25(26)28(39)36-17-6-9-21(31)20(11-17)30(33,34)35/h2-3,6,9,11-16,18,25-26H,4-5,7-8,10H2,1H3,(H,36,39)(H,37,38)(H,40,41)/t14-,15-,16+,18+,25+,26-/m1/s1. The zero-order valence-corrected chi connectivity index (χ0v) is 22.9. The van der Waals surface area contributed by atoms with Crippen molar-refractivity contribution in [2.75, 3.05) is 12.4 Å². The number of halogens is 5. The van der Waals surface area contributed by atoms with E-state index in [1.165, 1.54) is 13.2 Å². The SMILES string of the molecule is COc1cc(F)c(O[C@H]2CC[C@@H](C(=O)O)CC2)cc1C(=O)N[C@H]1[C@@H](C(=O)Nc2ccc(F)c(C(F)(F)F)c2)[C@@H]2C=C[C@H]1C2. The van der Waals surface area contributed by atoms with Crippen LogP contribution in [0.1, 0.15) is 48.0 Å². The Kier molecular flexibility index (Phi) is 8.35. The van der Waals surface area contributed by atoms with Gasteiger partial charge in [-0.05, 0) is 68.2 Å². The van der Waals surface area contributed by atoms with Crippen molar-refractivity contribution in [1.29, 1.82) is 0 Å². The summed E-state index contributed by atoms with van der Waals surface area (Å²) in [6, 6.07) is 3.63. The number of ether oxygens (including phenoxy) is 2. The van der Waals surface area contributed by atoms with Crippen LogP contribution in [0.25, 0.3) is 0 Å². The number of carboxylic acid groups (broad SMARTS) is 1. The predicted octanol–water partition coefficient (Wildman–Crippen LogP) is 5.57. The lowest BCUT2D eigenvalue weighted by Gasteiger charge is -2.29. The summed E-state index contributed by atoms with van der Waals surface area (Å²) in [6.07, 6.45) is 0.342. The van der Waals surface area contributed by atoms with Crippen LogP contribution in [0.5, 0.6) is 11.5 Å². The van der Waals surface area contributed by atoms with Crippen molar-refractivity contribution < 1.29 is 50.9 Å². The largest absolute Gasteiger partial charge is 0.496 e. The third kappa shape index (κ3) is 6.30. The topological polar surface area (TPSA) is 114 Å². The molecule has 3 N–H and O–H groups in total. The first-order valence-electron chi connectivity index (χ1n) is 13.8.